The van der Waals surface area contributed by atoms with Crippen LogP contribution in [0.4, 0.5) is 11.4 Å². The van der Waals surface area contributed by atoms with Crippen LogP contribution in [0.5, 0.6) is 5.75 Å². The van der Waals surface area contributed by atoms with E-state index in [4.69, 9.17) is 15.6 Å². The van der Waals surface area contributed by atoms with E-state index in [9.17, 15) is 0 Å². The predicted molar refractivity (Wildman–Crippen MR) is 76.0 cm³/mol. The van der Waals surface area contributed by atoms with Crippen LogP contribution >= 0.6 is 0 Å². The van der Waals surface area contributed by atoms with Crippen molar-refractivity contribution >= 4 is 11.4 Å². The maximum atomic E-state index is 9.13. The standard InChI is InChI=1S/C14H24N2O2/c1-9(2)18-13-7-5-6-12(14(13)15)16-11(4)10(3)8-17/h5-7,9-11,16-17H,8,15H2,1-4H3. The fraction of sp³-hybridized carbons (Fsp3) is 0.571. The van der Waals surface area contributed by atoms with E-state index in [2.05, 4.69) is 5.32 Å². The lowest BCUT2D eigenvalue weighted by molar-refractivity contribution is 0.226. The molecule has 0 bridgehead atoms. The number of para-hydroxylation sites is 1. The summed E-state index contributed by atoms with van der Waals surface area (Å²) in [5.41, 5.74) is 7.53. The molecule has 0 radical (unpaired) electrons. The molecule has 0 aromatic heterocycles. The highest BCUT2D eigenvalue weighted by molar-refractivity contribution is 5.73. The normalized spacial score (nSPS) is 14.3. The van der Waals surface area contributed by atoms with Crippen molar-refractivity contribution in [1.82, 2.24) is 0 Å². The van der Waals surface area contributed by atoms with Gasteiger partial charge in [0.15, 0.2) is 0 Å². The molecule has 0 aliphatic carbocycles. The summed E-state index contributed by atoms with van der Waals surface area (Å²) in [4.78, 5) is 0. The van der Waals surface area contributed by atoms with E-state index < -0.39 is 0 Å². The van der Waals surface area contributed by atoms with Crippen LogP contribution in [0.25, 0.3) is 0 Å². The number of aliphatic hydroxyl groups excluding tert-OH is 1. The summed E-state index contributed by atoms with van der Waals surface area (Å²) < 4.78 is 5.64. The molecular weight excluding hydrogens is 228 g/mol. The van der Waals surface area contributed by atoms with Crippen molar-refractivity contribution in [3.8, 4) is 5.75 Å². The summed E-state index contributed by atoms with van der Waals surface area (Å²) >= 11 is 0. The van der Waals surface area contributed by atoms with Gasteiger partial charge in [-0.2, -0.15) is 0 Å². The van der Waals surface area contributed by atoms with Gasteiger partial charge in [0.25, 0.3) is 0 Å². The van der Waals surface area contributed by atoms with Crippen LogP contribution in [0.15, 0.2) is 18.2 Å². The van der Waals surface area contributed by atoms with E-state index in [1.807, 2.05) is 45.9 Å². The first kappa shape index (κ1) is 14.6. The maximum absolute atomic E-state index is 9.13. The quantitative estimate of drug-likeness (QED) is 0.680. The Bertz CT molecular complexity index is 380. The molecule has 1 aromatic carbocycles. The van der Waals surface area contributed by atoms with Gasteiger partial charge in [0.2, 0.25) is 0 Å². The summed E-state index contributed by atoms with van der Waals surface area (Å²) in [5, 5.41) is 12.4. The molecule has 4 heteroatoms. The molecule has 0 spiro atoms. The molecule has 0 amide bonds. The van der Waals surface area contributed by atoms with Gasteiger partial charge in [0.1, 0.15) is 5.75 Å². The average molecular weight is 252 g/mol. The SMILES string of the molecule is CC(C)Oc1cccc(NC(C)C(C)CO)c1N. The molecule has 0 aliphatic rings. The monoisotopic (exact) mass is 252 g/mol. The van der Waals surface area contributed by atoms with Crippen molar-refractivity contribution < 1.29 is 9.84 Å². The lowest BCUT2D eigenvalue weighted by Crippen LogP contribution is -2.26. The van der Waals surface area contributed by atoms with E-state index in [0.717, 1.165) is 5.69 Å². The highest BCUT2D eigenvalue weighted by Gasteiger charge is 2.14. The summed E-state index contributed by atoms with van der Waals surface area (Å²) in [7, 11) is 0. The van der Waals surface area contributed by atoms with E-state index >= 15 is 0 Å². The van der Waals surface area contributed by atoms with E-state index in [1.165, 1.54) is 0 Å². The van der Waals surface area contributed by atoms with E-state index in [1.54, 1.807) is 0 Å². The van der Waals surface area contributed by atoms with Crippen molar-refractivity contribution in [2.45, 2.75) is 39.8 Å². The second kappa shape index (κ2) is 6.50. The topological polar surface area (TPSA) is 67.5 Å². The van der Waals surface area contributed by atoms with Crippen molar-refractivity contribution in [3.63, 3.8) is 0 Å². The molecule has 1 rings (SSSR count). The highest BCUT2D eigenvalue weighted by Crippen LogP contribution is 2.31. The number of hydrogen-bond donors (Lipinski definition) is 3. The van der Waals surface area contributed by atoms with Crippen LogP contribution in [0, 0.1) is 5.92 Å². The molecule has 4 N–H and O–H groups in total. The smallest absolute Gasteiger partial charge is 0.144 e. The van der Waals surface area contributed by atoms with Gasteiger partial charge in [0.05, 0.1) is 17.5 Å². The molecule has 0 fully saturated rings. The number of ether oxygens (including phenoxy) is 1. The second-order valence-electron chi connectivity index (χ2n) is 4.98. The van der Waals surface area contributed by atoms with Crippen LogP contribution in [0.2, 0.25) is 0 Å². The number of nitrogens with two attached hydrogens (primary N) is 1. The average Bonchev–Trinajstić information content (AvgIpc) is 2.32. The number of hydrogen-bond acceptors (Lipinski definition) is 4. The first-order chi connectivity index (χ1) is 8.45. The number of rotatable bonds is 6. The zero-order valence-electron chi connectivity index (χ0n) is 11.6. The van der Waals surface area contributed by atoms with Gasteiger partial charge in [0, 0.05) is 12.6 Å². The predicted octanol–water partition coefficient (Wildman–Crippen LogP) is 2.48. The second-order valence-corrected chi connectivity index (χ2v) is 4.98. The number of benzene rings is 1. The minimum Gasteiger partial charge on any atom is -0.489 e. The third-order valence-electron chi connectivity index (χ3n) is 2.95. The van der Waals surface area contributed by atoms with Crippen LogP contribution in [-0.2, 0) is 0 Å². The summed E-state index contributed by atoms with van der Waals surface area (Å²) in [6.45, 7) is 8.10. The van der Waals surface area contributed by atoms with Gasteiger partial charge in [-0.15, -0.1) is 0 Å². The molecule has 2 atom stereocenters. The van der Waals surface area contributed by atoms with Crippen LogP contribution < -0.4 is 15.8 Å². The number of anilines is 2. The fourth-order valence-electron chi connectivity index (χ4n) is 1.57. The Labute approximate surface area is 109 Å². The third-order valence-corrected chi connectivity index (χ3v) is 2.95. The molecule has 0 saturated carbocycles. The zero-order chi connectivity index (χ0) is 13.7. The summed E-state index contributed by atoms with van der Waals surface area (Å²) in [6.07, 6.45) is 0.0938. The minimum atomic E-state index is 0.0938. The summed E-state index contributed by atoms with van der Waals surface area (Å²) in [6, 6.07) is 5.84. The Kier molecular flexibility index (Phi) is 5.28. The van der Waals surface area contributed by atoms with Gasteiger partial charge in [-0.25, -0.2) is 0 Å². The van der Waals surface area contributed by atoms with Gasteiger partial charge in [-0.1, -0.05) is 13.0 Å². The maximum Gasteiger partial charge on any atom is 0.144 e. The van der Waals surface area contributed by atoms with Crippen LogP contribution in [0.3, 0.4) is 0 Å². The van der Waals surface area contributed by atoms with Crippen LogP contribution in [-0.4, -0.2) is 23.9 Å². The zero-order valence-corrected chi connectivity index (χ0v) is 11.6. The number of nitrogen functional groups attached to an aromatic ring is 1. The molecule has 1 aromatic rings. The van der Waals surface area contributed by atoms with Crippen molar-refractivity contribution in [2.24, 2.45) is 5.92 Å². The number of nitrogens with one attached hydrogen (secondary N) is 1. The first-order valence-corrected chi connectivity index (χ1v) is 6.38. The third kappa shape index (κ3) is 3.81. The highest BCUT2D eigenvalue weighted by atomic mass is 16.5. The lowest BCUT2D eigenvalue weighted by Gasteiger charge is -2.22. The molecule has 0 heterocycles. The minimum absolute atomic E-state index is 0.0938. The van der Waals surface area contributed by atoms with Crippen molar-refractivity contribution in [1.29, 1.82) is 0 Å². The van der Waals surface area contributed by atoms with Crippen LogP contribution in [0.1, 0.15) is 27.7 Å². The summed E-state index contributed by atoms with van der Waals surface area (Å²) in [5.74, 6) is 0.859. The molecule has 102 valence electrons. The van der Waals surface area contributed by atoms with Crippen molar-refractivity contribution in [3.05, 3.63) is 18.2 Å². The Morgan fingerprint density at radius 2 is 1.94 bits per heavy atom. The van der Waals surface area contributed by atoms with Gasteiger partial charge in [-0.3, -0.25) is 0 Å². The molecule has 0 aliphatic heterocycles. The lowest BCUT2D eigenvalue weighted by atomic mass is 10.0. The largest absolute Gasteiger partial charge is 0.489 e. The Morgan fingerprint density at radius 3 is 2.50 bits per heavy atom. The van der Waals surface area contributed by atoms with Gasteiger partial charge in [-0.05, 0) is 38.8 Å². The Balaban J connectivity index is 2.83. The van der Waals surface area contributed by atoms with Gasteiger partial charge >= 0.3 is 0 Å². The molecule has 2 unspecified atom stereocenters. The molecule has 4 nitrogen and oxygen atoms in total. The molecular formula is C14H24N2O2. The first-order valence-electron chi connectivity index (χ1n) is 6.38. The Morgan fingerprint density at radius 1 is 1.28 bits per heavy atom. The van der Waals surface area contributed by atoms with E-state index in [-0.39, 0.29) is 24.7 Å². The number of aliphatic hydroxyl groups is 1. The van der Waals surface area contributed by atoms with E-state index in [0.29, 0.717) is 11.4 Å². The molecule has 0 saturated heterocycles. The van der Waals surface area contributed by atoms with Crippen molar-refractivity contribution in [2.75, 3.05) is 17.7 Å². The molecule has 18 heavy (non-hydrogen) atoms. The Hall–Kier alpha value is -1.42. The van der Waals surface area contributed by atoms with Gasteiger partial charge < -0.3 is 20.9 Å². The fourth-order valence-corrected chi connectivity index (χ4v) is 1.57.